The normalized spacial score (nSPS) is 18.1. The maximum Gasteiger partial charge on any atom is 0.224 e. The summed E-state index contributed by atoms with van der Waals surface area (Å²) in [5.74, 6) is 0.697. The standard InChI is InChI=1S/C17H23BrN2O2/c1-13-3-2-10-20(12-13)17(22)8-9-19-16(21)11-14-4-6-15(18)7-5-14/h4-7,13H,2-3,8-12H2,1H3,(H,19,21). The molecule has 1 aliphatic rings. The average Bonchev–Trinajstić information content (AvgIpc) is 2.49. The van der Waals surface area contributed by atoms with Crippen molar-refractivity contribution >= 4 is 27.7 Å². The van der Waals surface area contributed by atoms with E-state index in [1.165, 1.54) is 6.42 Å². The predicted octanol–water partition coefficient (Wildman–Crippen LogP) is 2.76. The summed E-state index contributed by atoms with van der Waals surface area (Å²) in [5.41, 5.74) is 0.969. The monoisotopic (exact) mass is 366 g/mol. The van der Waals surface area contributed by atoms with Gasteiger partial charge in [0.2, 0.25) is 11.8 Å². The van der Waals surface area contributed by atoms with Crippen LogP contribution in [-0.2, 0) is 16.0 Å². The molecule has 1 aromatic rings. The summed E-state index contributed by atoms with van der Waals surface area (Å²) < 4.78 is 0.998. The lowest BCUT2D eigenvalue weighted by molar-refractivity contribution is -0.132. The number of nitrogens with zero attached hydrogens (tertiary/aromatic N) is 1. The summed E-state index contributed by atoms with van der Waals surface area (Å²) in [6, 6.07) is 7.68. The van der Waals surface area contributed by atoms with Crippen molar-refractivity contribution < 1.29 is 9.59 Å². The summed E-state index contributed by atoms with van der Waals surface area (Å²) in [6.45, 7) is 4.31. The number of hydrogen-bond donors (Lipinski definition) is 1. The number of likely N-dealkylation sites (tertiary alicyclic amines) is 1. The summed E-state index contributed by atoms with van der Waals surface area (Å²) in [5, 5.41) is 2.83. The van der Waals surface area contributed by atoms with Gasteiger partial charge in [-0.3, -0.25) is 9.59 Å². The van der Waals surface area contributed by atoms with Gasteiger partial charge >= 0.3 is 0 Å². The van der Waals surface area contributed by atoms with Gasteiger partial charge in [-0.05, 0) is 36.5 Å². The minimum absolute atomic E-state index is 0.0397. The van der Waals surface area contributed by atoms with Gasteiger partial charge in [-0.15, -0.1) is 0 Å². The van der Waals surface area contributed by atoms with Crippen LogP contribution in [0.1, 0.15) is 31.7 Å². The molecule has 1 heterocycles. The van der Waals surface area contributed by atoms with Crippen molar-refractivity contribution in [1.82, 2.24) is 10.2 Å². The minimum atomic E-state index is -0.0397. The van der Waals surface area contributed by atoms with Gasteiger partial charge < -0.3 is 10.2 Å². The van der Waals surface area contributed by atoms with Gasteiger partial charge in [-0.1, -0.05) is 35.0 Å². The number of carbonyl (C=O) groups excluding carboxylic acids is 2. The number of hydrogen-bond acceptors (Lipinski definition) is 2. The van der Waals surface area contributed by atoms with Crippen LogP contribution in [0.15, 0.2) is 28.7 Å². The summed E-state index contributed by atoms with van der Waals surface area (Å²) in [6.07, 6.45) is 3.03. The molecule has 1 unspecified atom stereocenters. The van der Waals surface area contributed by atoms with Crippen LogP contribution in [0.5, 0.6) is 0 Å². The molecule has 0 aromatic heterocycles. The molecular weight excluding hydrogens is 344 g/mol. The average molecular weight is 367 g/mol. The van der Waals surface area contributed by atoms with E-state index in [1.807, 2.05) is 29.2 Å². The molecule has 1 aliphatic heterocycles. The van der Waals surface area contributed by atoms with Crippen LogP contribution in [0, 0.1) is 5.92 Å². The molecule has 2 amide bonds. The van der Waals surface area contributed by atoms with Crippen molar-refractivity contribution in [3.05, 3.63) is 34.3 Å². The van der Waals surface area contributed by atoms with E-state index >= 15 is 0 Å². The number of carbonyl (C=O) groups is 2. The van der Waals surface area contributed by atoms with Gasteiger partial charge in [0.1, 0.15) is 0 Å². The van der Waals surface area contributed by atoms with E-state index in [1.54, 1.807) is 0 Å². The highest BCUT2D eigenvalue weighted by molar-refractivity contribution is 9.10. The number of nitrogens with one attached hydrogen (secondary N) is 1. The molecule has 2 rings (SSSR count). The first-order chi connectivity index (χ1) is 10.5. The summed E-state index contributed by atoms with van der Waals surface area (Å²) >= 11 is 3.37. The molecule has 22 heavy (non-hydrogen) atoms. The van der Waals surface area contributed by atoms with Crippen LogP contribution in [-0.4, -0.2) is 36.3 Å². The fourth-order valence-corrected chi connectivity index (χ4v) is 3.00. The first kappa shape index (κ1) is 17.0. The molecular formula is C17H23BrN2O2. The number of rotatable bonds is 5. The van der Waals surface area contributed by atoms with Gasteiger partial charge in [-0.25, -0.2) is 0 Å². The van der Waals surface area contributed by atoms with Crippen LogP contribution in [0.2, 0.25) is 0 Å². The number of benzene rings is 1. The maximum atomic E-state index is 12.1. The SMILES string of the molecule is CC1CCCN(C(=O)CCNC(=O)Cc2ccc(Br)cc2)C1. The lowest BCUT2D eigenvalue weighted by Crippen LogP contribution is -2.40. The van der Waals surface area contributed by atoms with E-state index in [0.29, 0.717) is 25.3 Å². The summed E-state index contributed by atoms with van der Waals surface area (Å²) in [4.78, 5) is 25.9. The molecule has 0 saturated carbocycles. The van der Waals surface area contributed by atoms with Crippen molar-refractivity contribution in [3.8, 4) is 0 Å². The molecule has 1 atom stereocenters. The van der Waals surface area contributed by atoms with Gasteiger partial charge in [0.15, 0.2) is 0 Å². The Morgan fingerprint density at radius 2 is 2.05 bits per heavy atom. The molecule has 5 heteroatoms. The fourth-order valence-electron chi connectivity index (χ4n) is 2.73. The third kappa shape index (κ3) is 5.44. The largest absolute Gasteiger partial charge is 0.355 e. The van der Waals surface area contributed by atoms with E-state index in [9.17, 15) is 9.59 Å². The number of halogens is 1. The molecule has 1 fully saturated rings. The smallest absolute Gasteiger partial charge is 0.224 e. The lowest BCUT2D eigenvalue weighted by atomic mass is 10.00. The van der Waals surface area contributed by atoms with E-state index in [0.717, 1.165) is 29.5 Å². The molecule has 120 valence electrons. The third-order valence-corrected chi connectivity index (χ3v) is 4.48. The molecule has 4 nitrogen and oxygen atoms in total. The van der Waals surface area contributed by atoms with Crippen molar-refractivity contribution in [3.63, 3.8) is 0 Å². The molecule has 0 spiro atoms. The highest BCUT2D eigenvalue weighted by atomic mass is 79.9. The number of amides is 2. The second-order valence-corrected chi connectivity index (χ2v) is 6.91. The van der Waals surface area contributed by atoms with Gasteiger partial charge in [0, 0.05) is 30.5 Å². The zero-order valence-corrected chi connectivity index (χ0v) is 14.6. The summed E-state index contributed by atoms with van der Waals surface area (Å²) in [7, 11) is 0. The van der Waals surface area contributed by atoms with Crippen molar-refractivity contribution in [2.75, 3.05) is 19.6 Å². The van der Waals surface area contributed by atoms with E-state index in [-0.39, 0.29) is 11.8 Å². The minimum Gasteiger partial charge on any atom is -0.355 e. The van der Waals surface area contributed by atoms with Crippen molar-refractivity contribution in [2.24, 2.45) is 5.92 Å². The fraction of sp³-hybridized carbons (Fsp3) is 0.529. The molecule has 0 bridgehead atoms. The van der Waals surface area contributed by atoms with Crippen LogP contribution >= 0.6 is 15.9 Å². The highest BCUT2D eigenvalue weighted by Gasteiger charge is 2.20. The molecule has 1 aromatic carbocycles. The Balaban J connectivity index is 1.68. The van der Waals surface area contributed by atoms with Gasteiger partial charge in [0.25, 0.3) is 0 Å². The Labute approximate surface area is 140 Å². The Bertz CT molecular complexity index is 516. The van der Waals surface area contributed by atoms with Crippen molar-refractivity contribution in [1.29, 1.82) is 0 Å². The Morgan fingerprint density at radius 1 is 1.32 bits per heavy atom. The predicted molar refractivity (Wildman–Crippen MR) is 90.5 cm³/mol. The second kappa shape index (κ2) is 8.32. The highest BCUT2D eigenvalue weighted by Crippen LogP contribution is 2.16. The third-order valence-electron chi connectivity index (χ3n) is 3.95. The first-order valence-electron chi connectivity index (χ1n) is 7.83. The lowest BCUT2D eigenvalue weighted by Gasteiger charge is -2.31. The van der Waals surface area contributed by atoms with E-state index < -0.39 is 0 Å². The number of piperidine rings is 1. The molecule has 0 radical (unpaired) electrons. The zero-order valence-electron chi connectivity index (χ0n) is 13.0. The van der Waals surface area contributed by atoms with Gasteiger partial charge in [-0.2, -0.15) is 0 Å². The van der Waals surface area contributed by atoms with Gasteiger partial charge in [0.05, 0.1) is 6.42 Å². The van der Waals surface area contributed by atoms with Crippen LogP contribution < -0.4 is 5.32 Å². The van der Waals surface area contributed by atoms with E-state index in [4.69, 9.17) is 0 Å². The first-order valence-corrected chi connectivity index (χ1v) is 8.63. The topological polar surface area (TPSA) is 49.4 Å². The Hall–Kier alpha value is -1.36. The zero-order chi connectivity index (χ0) is 15.9. The Morgan fingerprint density at radius 3 is 2.73 bits per heavy atom. The van der Waals surface area contributed by atoms with Crippen molar-refractivity contribution in [2.45, 2.75) is 32.6 Å². The maximum absolute atomic E-state index is 12.1. The van der Waals surface area contributed by atoms with Crippen LogP contribution in [0.25, 0.3) is 0 Å². The van der Waals surface area contributed by atoms with Crippen LogP contribution in [0.3, 0.4) is 0 Å². The molecule has 1 N–H and O–H groups in total. The second-order valence-electron chi connectivity index (χ2n) is 5.99. The molecule has 0 aliphatic carbocycles. The molecule has 1 saturated heterocycles. The quantitative estimate of drug-likeness (QED) is 0.870. The Kier molecular flexibility index (Phi) is 6.43. The van der Waals surface area contributed by atoms with Crippen LogP contribution in [0.4, 0.5) is 0 Å². The van der Waals surface area contributed by atoms with E-state index in [2.05, 4.69) is 28.2 Å².